The number of aryl methyl sites for hydroxylation is 2. The summed E-state index contributed by atoms with van der Waals surface area (Å²) >= 11 is 6.53. The quantitative estimate of drug-likeness (QED) is 0.304. The van der Waals surface area contributed by atoms with E-state index in [1.165, 1.54) is 29.7 Å². The van der Waals surface area contributed by atoms with E-state index in [0.29, 0.717) is 16.8 Å². The highest BCUT2D eigenvalue weighted by atomic mass is 35.5. The average Bonchev–Trinajstić information content (AvgIpc) is 2.99. The Labute approximate surface area is 257 Å². The third kappa shape index (κ3) is 6.37. The van der Waals surface area contributed by atoms with Crippen LogP contribution in [0.25, 0.3) is 6.08 Å². The van der Waals surface area contributed by atoms with E-state index >= 15 is 0 Å². The van der Waals surface area contributed by atoms with E-state index in [1.54, 1.807) is 6.20 Å². The van der Waals surface area contributed by atoms with Gasteiger partial charge < -0.3 is 20.0 Å². The average molecular weight is 588 g/mol. The summed E-state index contributed by atoms with van der Waals surface area (Å²) in [5.74, 6) is 2.01. The predicted molar refractivity (Wildman–Crippen MR) is 180 cm³/mol. The number of anilines is 5. The maximum Gasteiger partial charge on any atom is 0.227 e. The molecular formula is C34H46ClN7. The number of aromatic nitrogens is 2. The van der Waals surface area contributed by atoms with Crippen molar-refractivity contribution in [2.45, 2.75) is 46.1 Å². The summed E-state index contributed by atoms with van der Waals surface area (Å²) in [6, 6.07) is 13.1. The van der Waals surface area contributed by atoms with Crippen molar-refractivity contribution in [3.05, 3.63) is 70.9 Å². The Bertz CT molecular complexity index is 1400. The highest BCUT2D eigenvalue weighted by Crippen LogP contribution is 2.36. The highest BCUT2D eigenvalue weighted by Gasteiger charge is 2.39. The number of hydrogen-bond acceptors (Lipinski definition) is 7. The first-order valence-electron chi connectivity index (χ1n) is 15.1. The van der Waals surface area contributed by atoms with E-state index in [0.717, 1.165) is 62.2 Å². The zero-order chi connectivity index (χ0) is 30.0. The number of nitrogens with zero attached hydrogens (tertiary/aromatic N) is 6. The summed E-state index contributed by atoms with van der Waals surface area (Å²) in [6.07, 6.45) is 6.01. The molecule has 0 amide bonds. The van der Waals surface area contributed by atoms with Crippen molar-refractivity contribution in [1.29, 1.82) is 0 Å². The maximum atomic E-state index is 6.53. The third-order valence-electron chi connectivity index (χ3n) is 9.45. The van der Waals surface area contributed by atoms with E-state index < -0.39 is 0 Å². The van der Waals surface area contributed by atoms with Gasteiger partial charge in [0.05, 0.1) is 6.20 Å². The molecule has 2 aromatic carbocycles. The summed E-state index contributed by atoms with van der Waals surface area (Å²) < 4.78 is 0. The van der Waals surface area contributed by atoms with Gasteiger partial charge in [-0.3, -0.25) is 4.90 Å². The lowest BCUT2D eigenvalue weighted by atomic mass is 9.78. The van der Waals surface area contributed by atoms with Gasteiger partial charge in [0, 0.05) is 76.0 Å². The first-order valence-corrected chi connectivity index (χ1v) is 15.5. The van der Waals surface area contributed by atoms with Crippen LogP contribution in [-0.2, 0) is 0 Å². The summed E-state index contributed by atoms with van der Waals surface area (Å²) in [5, 5.41) is 3.90. The van der Waals surface area contributed by atoms with Gasteiger partial charge in [-0.15, -0.1) is 0 Å². The molecule has 8 heteroatoms. The lowest BCUT2D eigenvalue weighted by Crippen LogP contribution is -2.59. The molecule has 2 fully saturated rings. The Kier molecular flexibility index (Phi) is 9.00. The predicted octanol–water partition coefficient (Wildman–Crippen LogP) is 7.02. The van der Waals surface area contributed by atoms with Crippen molar-refractivity contribution >= 4 is 46.5 Å². The minimum absolute atomic E-state index is 0.149. The van der Waals surface area contributed by atoms with Gasteiger partial charge in [-0.1, -0.05) is 30.3 Å². The summed E-state index contributed by atoms with van der Waals surface area (Å²) in [7, 11) is 4.06. The molecule has 5 rings (SSSR count). The van der Waals surface area contributed by atoms with Crippen LogP contribution in [-0.4, -0.2) is 73.8 Å². The van der Waals surface area contributed by atoms with E-state index in [2.05, 4.69) is 94.5 Å². The first-order chi connectivity index (χ1) is 20.1. The van der Waals surface area contributed by atoms with Crippen molar-refractivity contribution in [3.8, 4) is 0 Å². The van der Waals surface area contributed by atoms with Crippen LogP contribution in [0.1, 0.15) is 43.4 Å². The number of piperazine rings is 1. The Morgan fingerprint density at radius 3 is 2.31 bits per heavy atom. The Balaban J connectivity index is 1.19. The fourth-order valence-corrected chi connectivity index (χ4v) is 6.58. The minimum atomic E-state index is 0.149. The van der Waals surface area contributed by atoms with Crippen LogP contribution < -0.4 is 20.0 Å². The smallest absolute Gasteiger partial charge is 0.227 e. The van der Waals surface area contributed by atoms with E-state index in [1.807, 2.05) is 26.2 Å². The fraction of sp³-hybridized carbons (Fsp3) is 0.471. The monoisotopic (exact) mass is 587 g/mol. The zero-order valence-electron chi connectivity index (χ0n) is 26.1. The standard InChI is InChI=1S/C34H46ClN7/c1-8-26-22-28(10-12-31(26)39(6)7)37-32-30(35)23-36-33(38-32)41-17-19-42(20-18-41)34(4,5)27-13-15-40(16-14-27)29-11-9-24(2)25(3)21-29/h8-12,21-23,27H,1,13-20H2,2-7H3,(H,36,37,38). The van der Waals surface area contributed by atoms with Gasteiger partial charge in [0.2, 0.25) is 5.95 Å². The van der Waals surface area contributed by atoms with Crippen molar-refractivity contribution in [3.63, 3.8) is 0 Å². The van der Waals surface area contributed by atoms with E-state index in [-0.39, 0.29) is 5.54 Å². The second kappa shape index (κ2) is 12.5. The van der Waals surface area contributed by atoms with Gasteiger partial charge in [0.25, 0.3) is 0 Å². The SMILES string of the molecule is C=Cc1cc(Nc2nc(N3CCN(C(C)(C)C4CCN(c5ccc(C)c(C)c5)CC4)CC3)ncc2Cl)ccc1N(C)C. The molecule has 1 aromatic heterocycles. The molecular weight excluding hydrogens is 542 g/mol. The Morgan fingerprint density at radius 1 is 0.952 bits per heavy atom. The van der Waals surface area contributed by atoms with Gasteiger partial charge in [-0.2, -0.15) is 4.98 Å². The number of halogens is 1. The molecule has 2 aliphatic heterocycles. The molecule has 0 radical (unpaired) electrons. The van der Waals surface area contributed by atoms with E-state index in [9.17, 15) is 0 Å². The molecule has 224 valence electrons. The number of hydrogen-bond donors (Lipinski definition) is 1. The zero-order valence-corrected chi connectivity index (χ0v) is 26.9. The molecule has 1 N–H and O–H groups in total. The van der Waals surface area contributed by atoms with Crippen molar-refractivity contribution in [2.75, 3.05) is 73.4 Å². The van der Waals surface area contributed by atoms with Gasteiger partial charge in [0.15, 0.2) is 5.82 Å². The van der Waals surface area contributed by atoms with Crippen LogP contribution in [0.2, 0.25) is 5.02 Å². The molecule has 7 nitrogen and oxygen atoms in total. The second-order valence-corrected chi connectivity index (χ2v) is 12.9. The lowest BCUT2D eigenvalue weighted by molar-refractivity contribution is 0.0449. The number of piperidine rings is 1. The molecule has 3 heterocycles. The van der Waals surface area contributed by atoms with Crippen LogP contribution in [0, 0.1) is 19.8 Å². The first kappa shape index (κ1) is 30.2. The van der Waals surface area contributed by atoms with Crippen LogP contribution in [0.5, 0.6) is 0 Å². The lowest BCUT2D eigenvalue weighted by Gasteiger charge is -2.50. The Morgan fingerprint density at radius 2 is 1.67 bits per heavy atom. The molecule has 0 aliphatic carbocycles. The summed E-state index contributed by atoms with van der Waals surface area (Å²) in [6.45, 7) is 19.3. The maximum absolute atomic E-state index is 6.53. The van der Waals surface area contributed by atoms with Gasteiger partial charge in [0.1, 0.15) is 5.02 Å². The summed E-state index contributed by atoms with van der Waals surface area (Å²) in [4.78, 5) is 19.0. The molecule has 0 spiro atoms. The number of nitrogens with one attached hydrogen (secondary N) is 1. The molecule has 0 atom stereocenters. The van der Waals surface area contributed by atoms with Crippen LogP contribution >= 0.6 is 11.6 Å². The van der Waals surface area contributed by atoms with Gasteiger partial charge in [-0.25, -0.2) is 4.98 Å². The molecule has 2 saturated heterocycles. The summed E-state index contributed by atoms with van der Waals surface area (Å²) in [5.41, 5.74) is 7.33. The molecule has 0 unspecified atom stereocenters. The topological polar surface area (TPSA) is 50.8 Å². The van der Waals surface area contributed by atoms with E-state index in [4.69, 9.17) is 16.6 Å². The largest absolute Gasteiger partial charge is 0.377 e. The molecule has 3 aromatic rings. The third-order valence-corrected chi connectivity index (χ3v) is 9.73. The Hall–Kier alpha value is -3.29. The molecule has 0 bridgehead atoms. The highest BCUT2D eigenvalue weighted by molar-refractivity contribution is 6.32. The fourth-order valence-electron chi connectivity index (χ4n) is 6.44. The number of benzene rings is 2. The van der Waals surface area contributed by atoms with Gasteiger partial charge >= 0.3 is 0 Å². The number of rotatable bonds is 8. The second-order valence-electron chi connectivity index (χ2n) is 12.5. The van der Waals surface area contributed by atoms with Gasteiger partial charge in [-0.05, 0) is 93.5 Å². The molecule has 2 aliphatic rings. The van der Waals surface area contributed by atoms with Crippen LogP contribution in [0.3, 0.4) is 0 Å². The van der Waals surface area contributed by atoms with Crippen molar-refractivity contribution in [1.82, 2.24) is 14.9 Å². The van der Waals surface area contributed by atoms with Crippen LogP contribution in [0.15, 0.2) is 49.2 Å². The normalized spacial score (nSPS) is 16.9. The van der Waals surface area contributed by atoms with Crippen molar-refractivity contribution in [2.24, 2.45) is 5.92 Å². The molecule has 0 saturated carbocycles. The minimum Gasteiger partial charge on any atom is -0.377 e. The molecule has 42 heavy (non-hydrogen) atoms. The van der Waals surface area contributed by atoms with Crippen molar-refractivity contribution < 1.29 is 0 Å². The van der Waals surface area contributed by atoms with Crippen LogP contribution in [0.4, 0.5) is 28.8 Å².